The van der Waals surface area contributed by atoms with Crippen molar-refractivity contribution in [3.05, 3.63) is 46.5 Å². The minimum Gasteiger partial charge on any atom is -0.493 e. The summed E-state index contributed by atoms with van der Waals surface area (Å²) in [6.45, 7) is 5.07. The van der Waals surface area contributed by atoms with Crippen molar-refractivity contribution < 1.29 is 18.9 Å². The van der Waals surface area contributed by atoms with Crippen molar-refractivity contribution in [3.8, 4) is 23.0 Å². The van der Waals surface area contributed by atoms with E-state index in [9.17, 15) is 0 Å². The van der Waals surface area contributed by atoms with Crippen LogP contribution in [0.15, 0.2) is 24.3 Å². The summed E-state index contributed by atoms with van der Waals surface area (Å²) in [6.07, 6.45) is 6.01. The first-order chi connectivity index (χ1) is 15.7. The highest BCUT2D eigenvalue weighted by Crippen LogP contribution is 2.51. The van der Waals surface area contributed by atoms with Crippen molar-refractivity contribution >= 4 is 0 Å². The van der Waals surface area contributed by atoms with E-state index in [0.29, 0.717) is 17.9 Å². The molecule has 5 heteroatoms. The van der Waals surface area contributed by atoms with E-state index in [1.807, 2.05) is 0 Å². The smallest absolute Gasteiger partial charge is 0.161 e. The van der Waals surface area contributed by atoms with Gasteiger partial charge in [-0.05, 0) is 78.1 Å². The summed E-state index contributed by atoms with van der Waals surface area (Å²) in [6, 6.07) is 9.20. The van der Waals surface area contributed by atoms with Crippen LogP contribution in [0.5, 0.6) is 23.0 Å². The fourth-order valence-electron chi connectivity index (χ4n) is 5.75. The molecule has 5 nitrogen and oxygen atoms in total. The SMILES string of the molecule is CC[C@H]1c2cc(OC)c(OC)cc2CN2CCc3cc(OCC4CCC4)c(OC)cc3[C@@H]12. The van der Waals surface area contributed by atoms with E-state index in [1.165, 1.54) is 41.5 Å². The van der Waals surface area contributed by atoms with E-state index in [4.69, 9.17) is 18.9 Å². The first-order valence-electron chi connectivity index (χ1n) is 12.0. The molecular weight excluding hydrogens is 402 g/mol. The largest absolute Gasteiger partial charge is 0.493 e. The summed E-state index contributed by atoms with van der Waals surface area (Å²) in [5.74, 6) is 4.49. The van der Waals surface area contributed by atoms with Gasteiger partial charge in [-0.1, -0.05) is 13.3 Å². The highest BCUT2D eigenvalue weighted by Gasteiger charge is 2.39. The van der Waals surface area contributed by atoms with Gasteiger partial charge in [-0.25, -0.2) is 0 Å². The third-order valence-corrected chi connectivity index (χ3v) is 7.74. The van der Waals surface area contributed by atoms with Gasteiger partial charge in [-0.15, -0.1) is 0 Å². The van der Waals surface area contributed by atoms with Crippen LogP contribution in [0, 0.1) is 5.92 Å². The Kier molecular flexibility index (Phi) is 5.93. The number of rotatable bonds is 7. The van der Waals surface area contributed by atoms with Crippen LogP contribution >= 0.6 is 0 Å². The number of fused-ring (bicyclic) bond motifs is 4. The van der Waals surface area contributed by atoms with Crippen LogP contribution in [0.1, 0.15) is 66.8 Å². The van der Waals surface area contributed by atoms with Crippen LogP contribution in [0.4, 0.5) is 0 Å². The molecule has 172 valence electrons. The molecule has 0 saturated heterocycles. The molecule has 0 N–H and O–H groups in total. The van der Waals surface area contributed by atoms with Crippen molar-refractivity contribution in [2.45, 2.75) is 57.5 Å². The predicted molar refractivity (Wildman–Crippen MR) is 125 cm³/mol. The monoisotopic (exact) mass is 437 g/mol. The lowest BCUT2D eigenvalue weighted by atomic mass is 9.75. The Hall–Kier alpha value is -2.40. The first-order valence-corrected chi connectivity index (χ1v) is 12.0. The number of methoxy groups -OCH3 is 3. The average molecular weight is 438 g/mol. The van der Waals surface area contributed by atoms with E-state index in [2.05, 4.69) is 36.1 Å². The molecular formula is C27H35NO4. The molecule has 0 aromatic heterocycles. The molecule has 0 amide bonds. The Labute approximate surface area is 191 Å². The topological polar surface area (TPSA) is 40.2 Å². The summed E-state index contributed by atoms with van der Waals surface area (Å²) in [4.78, 5) is 2.62. The quantitative estimate of drug-likeness (QED) is 0.572. The number of hydrogen-bond donors (Lipinski definition) is 0. The van der Waals surface area contributed by atoms with Gasteiger partial charge in [0.2, 0.25) is 0 Å². The molecule has 2 aromatic rings. The molecule has 1 saturated carbocycles. The molecule has 2 atom stereocenters. The van der Waals surface area contributed by atoms with Crippen molar-refractivity contribution in [1.82, 2.24) is 4.90 Å². The van der Waals surface area contributed by atoms with E-state index in [0.717, 1.165) is 55.5 Å². The van der Waals surface area contributed by atoms with Crippen LogP contribution in [0.25, 0.3) is 0 Å². The molecule has 0 unspecified atom stereocenters. The third-order valence-electron chi connectivity index (χ3n) is 7.74. The molecule has 1 fully saturated rings. The molecule has 1 aliphatic carbocycles. The third kappa shape index (κ3) is 3.61. The fraction of sp³-hybridized carbons (Fsp3) is 0.556. The molecule has 3 aliphatic rings. The molecule has 2 aromatic carbocycles. The lowest BCUT2D eigenvalue weighted by Gasteiger charge is -2.46. The second-order valence-corrected chi connectivity index (χ2v) is 9.40. The molecule has 2 heterocycles. The van der Waals surface area contributed by atoms with Crippen LogP contribution in [0.3, 0.4) is 0 Å². The lowest BCUT2D eigenvalue weighted by molar-refractivity contribution is 0.130. The summed E-state index contributed by atoms with van der Waals surface area (Å²) in [5.41, 5.74) is 5.51. The average Bonchev–Trinajstić information content (AvgIpc) is 2.79. The molecule has 2 aliphatic heterocycles. The summed E-state index contributed by atoms with van der Waals surface area (Å²) >= 11 is 0. The van der Waals surface area contributed by atoms with Gasteiger partial charge in [0.15, 0.2) is 23.0 Å². The summed E-state index contributed by atoms with van der Waals surface area (Å²) in [7, 11) is 5.18. The second kappa shape index (κ2) is 8.86. The van der Waals surface area contributed by atoms with Gasteiger partial charge in [0, 0.05) is 25.0 Å². The first kappa shape index (κ1) is 21.4. The second-order valence-electron chi connectivity index (χ2n) is 9.40. The zero-order chi connectivity index (χ0) is 22.2. The highest BCUT2D eigenvalue weighted by molar-refractivity contribution is 5.54. The molecule has 0 bridgehead atoms. The Balaban J connectivity index is 1.52. The van der Waals surface area contributed by atoms with E-state index >= 15 is 0 Å². The van der Waals surface area contributed by atoms with Gasteiger partial charge in [0.25, 0.3) is 0 Å². The standard InChI is InChI=1S/C27H35NO4/c1-5-20-21-13-24(30-3)23(29-2)12-19(21)15-28-10-9-18-11-26(32-16-17-7-6-8-17)25(31-4)14-22(18)27(20)28/h11-14,17,20,27H,5-10,15-16H2,1-4H3/t20-,27+/m0/s1. The normalized spacial score (nSPS) is 22.2. The maximum atomic E-state index is 6.23. The van der Waals surface area contributed by atoms with Gasteiger partial charge >= 0.3 is 0 Å². The van der Waals surface area contributed by atoms with E-state index in [-0.39, 0.29) is 0 Å². The maximum absolute atomic E-state index is 6.23. The molecule has 0 spiro atoms. The van der Waals surface area contributed by atoms with Gasteiger partial charge in [-0.2, -0.15) is 0 Å². The van der Waals surface area contributed by atoms with Crippen molar-refractivity contribution in [2.24, 2.45) is 5.92 Å². The number of ether oxygens (including phenoxy) is 4. The Morgan fingerprint density at radius 3 is 2.16 bits per heavy atom. The highest BCUT2D eigenvalue weighted by atomic mass is 16.5. The van der Waals surface area contributed by atoms with Crippen molar-refractivity contribution in [3.63, 3.8) is 0 Å². The number of benzene rings is 2. The van der Waals surface area contributed by atoms with Gasteiger partial charge in [-0.3, -0.25) is 4.90 Å². The van der Waals surface area contributed by atoms with Gasteiger partial charge in [0.1, 0.15) is 0 Å². The molecule has 5 rings (SSSR count). The minimum atomic E-state index is 0.337. The van der Waals surface area contributed by atoms with Crippen LogP contribution in [0.2, 0.25) is 0 Å². The van der Waals surface area contributed by atoms with Crippen molar-refractivity contribution in [2.75, 3.05) is 34.5 Å². The zero-order valence-electron chi connectivity index (χ0n) is 19.8. The van der Waals surface area contributed by atoms with E-state index in [1.54, 1.807) is 21.3 Å². The van der Waals surface area contributed by atoms with Gasteiger partial charge < -0.3 is 18.9 Å². The van der Waals surface area contributed by atoms with Crippen LogP contribution < -0.4 is 18.9 Å². The van der Waals surface area contributed by atoms with Gasteiger partial charge in [0.05, 0.1) is 27.9 Å². The molecule has 0 radical (unpaired) electrons. The Morgan fingerprint density at radius 1 is 0.844 bits per heavy atom. The maximum Gasteiger partial charge on any atom is 0.161 e. The molecule has 32 heavy (non-hydrogen) atoms. The number of nitrogens with zero attached hydrogens (tertiary/aromatic N) is 1. The predicted octanol–water partition coefficient (Wildman–Crippen LogP) is 5.50. The summed E-state index contributed by atoms with van der Waals surface area (Å²) in [5, 5.41) is 0. The Morgan fingerprint density at radius 2 is 1.50 bits per heavy atom. The number of hydrogen-bond acceptors (Lipinski definition) is 5. The minimum absolute atomic E-state index is 0.337. The zero-order valence-corrected chi connectivity index (χ0v) is 19.8. The van der Waals surface area contributed by atoms with E-state index < -0.39 is 0 Å². The lowest BCUT2D eigenvalue weighted by Crippen LogP contribution is -2.41. The van der Waals surface area contributed by atoms with Crippen LogP contribution in [-0.2, 0) is 13.0 Å². The Bertz CT molecular complexity index is 984. The van der Waals surface area contributed by atoms with Crippen LogP contribution in [-0.4, -0.2) is 39.4 Å². The van der Waals surface area contributed by atoms with Crippen molar-refractivity contribution in [1.29, 1.82) is 0 Å². The summed E-state index contributed by atoms with van der Waals surface area (Å²) < 4.78 is 23.3. The fourth-order valence-corrected chi connectivity index (χ4v) is 5.75.